The predicted molar refractivity (Wildman–Crippen MR) is 68.6 cm³/mol. The van der Waals surface area contributed by atoms with Crippen molar-refractivity contribution in [2.75, 3.05) is 0 Å². The van der Waals surface area contributed by atoms with E-state index < -0.39 is 8.07 Å². The third kappa shape index (κ3) is 1.93. The number of rotatable bonds is 3. The highest BCUT2D eigenvalue weighted by Crippen LogP contribution is 2.55. The Kier molecular flexibility index (Phi) is 3.85. The molecule has 0 aromatic heterocycles. The first-order valence-electron chi connectivity index (χ1n) is 6.46. The maximum Gasteiger partial charge on any atom is 0.0587 e. The summed E-state index contributed by atoms with van der Waals surface area (Å²) in [7, 11) is -1.02. The smallest absolute Gasteiger partial charge is 0.0587 e. The minimum atomic E-state index is -1.02. The Morgan fingerprint density at radius 3 is 2.00 bits per heavy atom. The molecule has 0 unspecified atom stereocenters. The summed E-state index contributed by atoms with van der Waals surface area (Å²) < 4.78 is 0. The lowest BCUT2D eigenvalue weighted by atomic mass is 9.90. The van der Waals surface area contributed by atoms with Crippen molar-refractivity contribution in [2.24, 2.45) is 0 Å². The minimum Gasteiger partial charge on any atom is -0.0686 e. The summed E-state index contributed by atoms with van der Waals surface area (Å²) in [5.74, 6) is 0. The molecule has 0 bridgehead atoms. The number of hydrogen-bond donors (Lipinski definition) is 0. The van der Waals surface area contributed by atoms with E-state index in [1.54, 1.807) is 0 Å². The Bertz CT molecular complexity index is 180. The zero-order valence-electron chi connectivity index (χ0n) is 10.8. The average molecular weight is 212 g/mol. The molecular weight excluding hydrogens is 184 g/mol. The lowest BCUT2D eigenvalue weighted by molar-refractivity contribution is 0.382. The van der Waals surface area contributed by atoms with Gasteiger partial charge < -0.3 is 0 Å². The molecule has 0 nitrogen and oxygen atoms in total. The molecule has 0 heterocycles. The highest BCUT2D eigenvalue weighted by Gasteiger charge is 2.46. The quantitative estimate of drug-likeness (QED) is 0.563. The molecule has 14 heavy (non-hydrogen) atoms. The fourth-order valence-corrected chi connectivity index (χ4v) is 7.99. The fraction of sp³-hybridized carbons (Fsp3) is 1.00. The minimum absolute atomic E-state index is 0.744. The van der Waals surface area contributed by atoms with E-state index in [0.29, 0.717) is 0 Å². The van der Waals surface area contributed by atoms with E-state index in [2.05, 4.69) is 34.2 Å². The van der Waals surface area contributed by atoms with Crippen LogP contribution < -0.4 is 0 Å². The van der Waals surface area contributed by atoms with Gasteiger partial charge in [0.15, 0.2) is 0 Å². The van der Waals surface area contributed by atoms with Crippen LogP contribution in [0.2, 0.25) is 23.2 Å². The van der Waals surface area contributed by atoms with Crippen molar-refractivity contribution < 1.29 is 0 Å². The van der Waals surface area contributed by atoms with E-state index in [1.807, 2.05) is 0 Å². The Morgan fingerprint density at radius 2 is 1.64 bits per heavy atom. The molecule has 0 N–H and O–H groups in total. The third-order valence-corrected chi connectivity index (χ3v) is 12.6. The molecule has 1 fully saturated rings. The molecular formula is C13H28Si. The Labute approximate surface area is 91.5 Å². The molecule has 1 rings (SSSR count). The molecule has 0 radical (unpaired) electrons. The molecule has 0 aliphatic heterocycles. The largest absolute Gasteiger partial charge is 0.0686 e. The molecule has 0 aromatic carbocycles. The van der Waals surface area contributed by atoms with Crippen LogP contribution in [-0.4, -0.2) is 8.07 Å². The van der Waals surface area contributed by atoms with Crippen LogP contribution in [0.1, 0.15) is 59.8 Å². The molecule has 0 amide bonds. The zero-order valence-corrected chi connectivity index (χ0v) is 11.8. The number of hydrogen-bond acceptors (Lipinski definition) is 0. The first-order chi connectivity index (χ1) is 6.46. The maximum atomic E-state index is 2.66. The van der Waals surface area contributed by atoms with E-state index in [1.165, 1.54) is 38.1 Å². The van der Waals surface area contributed by atoms with Crippen molar-refractivity contribution in [3.8, 4) is 0 Å². The molecule has 84 valence electrons. The standard InChI is InChI=1S/C13H28Si/c1-6-14(5,12(2)3)13(4)10-8-7-9-11-13/h12H,6-11H2,1-5H3/t14-/m0/s1. The summed E-state index contributed by atoms with van der Waals surface area (Å²) in [6.07, 6.45) is 7.50. The van der Waals surface area contributed by atoms with Crippen LogP contribution in [0.15, 0.2) is 0 Å². The van der Waals surface area contributed by atoms with Gasteiger partial charge in [0.2, 0.25) is 0 Å². The van der Waals surface area contributed by atoms with Crippen molar-refractivity contribution in [2.45, 2.75) is 83.0 Å². The highest BCUT2D eigenvalue weighted by molar-refractivity contribution is 6.82. The molecule has 1 saturated carbocycles. The van der Waals surface area contributed by atoms with Gasteiger partial charge in [-0.15, -0.1) is 0 Å². The van der Waals surface area contributed by atoms with Crippen LogP contribution in [0.25, 0.3) is 0 Å². The molecule has 0 saturated heterocycles. The van der Waals surface area contributed by atoms with Crippen molar-refractivity contribution >= 4 is 8.07 Å². The van der Waals surface area contributed by atoms with Crippen LogP contribution in [-0.2, 0) is 0 Å². The lowest BCUT2D eigenvalue weighted by Gasteiger charge is -2.50. The topological polar surface area (TPSA) is 0 Å². The molecule has 1 aliphatic rings. The van der Waals surface area contributed by atoms with E-state index in [0.717, 1.165) is 10.6 Å². The SMILES string of the molecule is CC[Si@@](C)(C(C)C)C1(C)CCCCC1. The Morgan fingerprint density at radius 1 is 1.14 bits per heavy atom. The van der Waals surface area contributed by atoms with Crippen molar-refractivity contribution in [1.29, 1.82) is 0 Å². The van der Waals surface area contributed by atoms with Gasteiger partial charge in [-0.25, -0.2) is 0 Å². The second kappa shape index (κ2) is 4.38. The van der Waals surface area contributed by atoms with E-state index in [9.17, 15) is 0 Å². The van der Waals surface area contributed by atoms with Gasteiger partial charge in [0.1, 0.15) is 0 Å². The summed E-state index contributed by atoms with van der Waals surface area (Å²) >= 11 is 0. The van der Waals surface area contributed by atoms with Gasteiger partial charge in [0.25, 0.3) is 0 Å². The molecule has 1 atom stereocenters. The first-order valence-corrected chi connectivity index (χ1v) is 9.25. The van der Waals surface area contributed by atoms with Crippen molar-refractivity contribution in [1.82, 2.24) is 0 Å². The fourth-order valence-electron chi connectivity index (χ4n) is 3.44. The Balaban J connectivity index is 2.85. The van der Waals surface area contributed by atoms with Gasteiger partial charge in [-0.3, -0.25) is 0 Å². The molecule has 1 heteroatoms. The molecule has 0 aromatic rings. The van der Waals surface area contributed by atoms with Crippen molar-refractivity contribution in [3.05, 3.63) is 0 Å². The van der Waals surface area contributed by atoms with Gasteiger partial charge in [-0.1, -0.05) is 77.9 Å². The highest BCUT2D eigenvalue weighted by atomic mass is 28.3. The third-order valence-electron chi connectivity index (χ3n) is 5.34. The summed E-state index contributed by atoms with van der Waals surface area (Å²) in [5, 5.41) is 0.744. The zero-order chi connectivity index (χ0) is 10.8. The molecule has 1 aliphatic carbocycles. The maximum absolute atomic E-state index is 2.66. The van der Waals surface area contributed by atoms with Gasteiger partial charge in [-0.2, -0.15) is 0 Å². The van der Waals surface area contributed by atoms with E-state index >= 15 is 0 Å². The van der Waals surface area contributed by atoms with Crippen LogP contribution >= 0.6 is 0 Å². The van der Waals surface area contributed by atoms with Gasteiger partial charge in [-0.05, 0) is 5.04 Å². The second-order valence-electron chi connectivity index (χ2n) is 6.05. The van der Waals surface area contributed by atoms with Crippen LogP contribution in [0, 0.1) is 0 Å². The molecule has 0 spiro atoms. The summed E-state index contributed by atoms with van der Waals surface area (Å²) in [4.78, 5) is 0. The average Bonchev–Trinajstić information content (AvgIpc) is 2.17. The monoisotopic (exact) mass is 212 g/mol. The normalized spacial score (nSPS) is 26.1. The van der Waals surface area contributed by atoms with Crippen LogP contribution in [0.4, 0.5) is 0 Å². The van der Waals surface area contributed by atoms with Gasteiger partial charge >= 0.3 is 0 Å². The predicted octanol–water partition coefficient (Wildman–Crippen LogP) is 5.22. The van der Waals surface area contributed by atoms with Crippen LogP contribution in [0.5, 0.6) is 0 Å². The first kappa shape index (κ1) is 12.3. The Hall–Kier alpha value is 0.217. The van der Waals surface area contributed by atoms with Crippen molar-refractivity contribution in [3.63, 3.8) is 0 Å². The summed E-state index contributed by atoms with van der Waals surface area (Å²) in [5.41, 5.74) is 0.954. The van der Waals surface area contributed by atoms with E-state index in [-0.39, 0.29) is 0 Å². The summed E-state index contributed by atoms with van der Waals surface area (Å²) in [6, 6.07) is 1.47. The van der Waals surface area contributed by atoms with Crippen LogP contribution in [0.3, 0.4) is 0 Å². The lowest BCUT2D eigenvalue weighted by Crippen LogP contribution is -2.46. The van der Waals surface area contributed by atoms with E-state index in [4.69, 9.17) is 0 Å². The van der Waals surface area contributed by atoms with Gasteiger partial charge in [0.05, 0.1) is 8.07 Å². The summed E-state index contributed by atoms with van der Waals surface area (Å²) in [6.45, 7) is 12.6. The van der Waals surface area contributed by atoms with Gasteiger partial charge in [0, 0.05) is 0 Å². The second-order valence-corrected chi connectivity index (χ2v) is 12.0.